The van der Waals surface area contributed by atoms with Crippen molar-refractivity contribution < 1.29 is 4.79 Å². The maximum absolute atomic E-state index is 12.6. The number of carbonyl (C=O) groups is 1. The molecule has 0 radical (unpaired) electrons. The quantitative estimate of drug-likeness (QED) is 0.875. The lowest BCUT2D eigenvalue weighted by molar-refractivity contribution is -0.131. The smallest absolute Gasteiger partial charge is 0.228 e. The average molecular weight is 301 g/mol. The topological polar surface area (TPSA) is 41.1 Å². The van der Waals surface area contributed by atoms with E-state index < -0.39 is 0 Å². The van der Waals surface area contributed by atoms with Gasteiger partial charge < -0.3 is 10.6 Å². The summed E-state index contributed by atoms with van der Waals surface area (Å²) in [5.74, 6) is 0.177. The van der Waals surface area contributed by atoms with Gasteiger partial charge in [0.1, 0.15) is 0 Å². The van der Waals surface area contributed by atoms with Crippen LogP contribution in [-0.4, -0.2) is 19.0 Å². The summed E-state index contributed by atoms with van der Waals surface area (Å²) in [6, 6.07) is 3.89. The Bertz CT molecular complexity index is 440. The van der Waals surface area contributed by atoms with Crippen LogP contribution in [0, 0.1) is 5.41 Å². The van der Waals surface area contributed by atoms with Crippen LogP contribution in [0.15, 0.2) is 12.1 Å². The van der Waals surface area contributed by atoms with Gasteiger partial charge in [0, 0.05) is 11.4 Å². The minimum atomic E-state index is -0.218. The fraction of sp³-hybridized carbons (Fsp3) is 0.643. The van der Waals surface area contributed by atoms with E-state index in [4.69, 9.17) is 11.6 Å². The van der Waals surface area contributed by atoms with Crippen molar-refractivity contribution in [2.24, 2.45) is 5.41 Å². The molecule has 0 bridgehead atoms. The summed E-state index contributed by atoms with van der Waals surface area (Å²) in [6.07, 6.45) is 2.92. The lowest BCUT2D eigenvalue weighted by atomic mass is 9.81. The number of carbonyl (C=O) groups excluding carboxylic acids is 1. The second kappa shape index (κ2) is 6.25. The highest BCUT2D eigenvalue weighted by atomic mass is 35.5. The molecule has 0 aliphatic carbocycles. The number of rotatable bonds is 5. The molecule has 2 atom stereocenters. The summed E-state index contributed by atoms with van der Waals surface area (Å²) in [5.41, 5.74) is -0.218. The van der Waals surface area contributed by atoms with Crippen LogP contribution < -0.4 is 10.6 Å². The predicted molar refractivity (Wildman–Crippen MR) is 80.7 cm³/mol. The molecular weight excluding hydrogens is 280 g/mol. The van der Waals surface area contributed by atoms with Crippen molar-refractivity contribution >= 4 is 28.8 Å². The summed E-state index contributed by atoms with van der Waals surface area (Å²) < 4.78 is 0.766. The van der Waals surface area contributed by atoms with Crippen LogP contribution in [0.3, 0.4) is 0 Å². The van der Waals surface area contributed by atoms with E-state index in [9.17, 15) is 4.79 Å². The Balaban J connectivity index is 2.03. The first-order chi connectivity index (χ1) is 9.07. The zero-order chi connectivity index (χ0) is 13.9. The molecule has 1 aromatic heterocycles. The molecule has 1 aromatic rings. The van der Waals surface area contributed by atoms with Crippen LogP contribution in [0.2, 0.25) is 4.34 Å². The highest BCUT2D eigenvalue weighted by molar-refractivity contribution is 7.16. The normalized spacial score (nSPS) is 24.4. The molecule has 5 heteroatoms. The van der Waals surface area contributed by atoms with Crippen molar-refractivity contribution in [2.45, 2.75) is 39.2 Å². The van der Waals surface area contributed by atoms with E-state index in [0.29, 0.717) is 0 Å². The zero-order valence-corrected chi connectivity index (χ0v) is 13.0. The standard InChI is InChI=1S/C14H21ClN2OS/c1-3-6-14(7-8-16-9-14)13(18)17-10(2)11-4-5-12(15)19-11/h4-5,10,16H,3,6-9H2,1-2H3,(H,17,18). The van der Waals surface area contributed by atoms with Crippen molar-refractivity contribution in [1.82, 2.24) is 10.6 Å². The van der Waals surface area contributed by atoms with Gasteiger partial charge in [0.25, 0.3) is 0 Å². The van der Waals surface area contributed by atoms with Gasteiger partial charge in [-0.15, -0.1) is 11.3 Å². The summed E-state index contributed by atoms with van der Waals surface area (Å²) in [7, 11) is 0. The first kappa shape index (κ1) is 14.8. The molecule has 2 rings (SSSR count). The van der Waals surface area contributed by atoms with E-state index in [1.165, 1.54) is 11.3 Å². The molecule has 0 spiro atoms. The highest BCUT2D eigenvalue weighted by Crippen LogP contribution is 2.33. The van der Waals surface area contributed by atoms with E-state index in [2.05, 4.69) is 17.6 Å². The van der Waals surface area contributed by atoms with Crippen molar-refractivity contribution in [3.63, 3.8) is 0 Å². The fourth-order valence-electron chi connectivity index (χ4n) is 2.72. The molecule has 19 heavy (non-hydrogen) atoms. The van der Waals surface area contributed by atoms with Crippen LogP contribution >= 0.6 is 22.9 Å². The van der Waals surface area contributed by atoms with E-state index in [1.54, 1.807) is 0 Å². The molecule has 1 fully saturated rings. The summed E-state index contributed by atoms with van der Waals surface area (Å²) >= 11 is 7.47. The molecule has 2 heterocycles. The van der Waals surface area contributed by atoms with Gasteiger partial charge in [0.2, 0.25) is 5.91 Å². The predicted octanol–water partition coefficient (Wildman–Crippen LogP) is 3.36. The van der Waals surface area contributed by atoms with Gasteiger partial charge in [-0.2, -0.15) is 0 Å². The van der Waals surface area contributed by atoms with Crippen LogP contribution in [-0.2, 0) is 4.79 Å². The molecule has 2 N–H and O–H groups in total. The van der Waals surface area contributed by atoms with Gasteiger partial charge in [-0.3, -0.25) is 4.79 Å². The van der Waals surface area contributed by atoms with Gasteiger partial charge >= 0.3 is 0 Å². The first-order valence-corrected chi connectivity index (χ1v) is 8.04. The molecule has 1 aliphatic heterocycles. The third-order valence-electron chi connectivity index (χ3n) is 3.82. The summed E-state index contributed by atoms with van der Waals surface area (Å²) in [5, 5.41) is 6.47. The molecule has 2 unspecified atom stereocenters. The second-order valence-electron chi connectivity index (χ2n) is 5.29. The van der Waals surface area contributed by atoms with Gasteiger partial charge in [0.05, 0.1) is 15.8 Å². The minimum absolute atomic E-state index is 0.0272. The second-order valence-corrected chi connectivity index (χ2v) is 7.04. The first-order valence-electron chi connectivity index (χ1n) is 6.84. The Labute approximate surface area is 123 Å². The lowest BCUT2D eigenvalue weighted by Crippen LogP contribution is -2.43. The van der Waals surface area contributed by atoms with Gasteiger partial charge in [-0.25, -0.2) is 0 Å². The lowest BCUT2D eigenvalue weighted by Gasteiger charge is -2.28. The molecule has 0 aromatic carbocycles. The molecule has 1 saturated heterocycles. The Morgan fingerprint density at radius 3 is 2.95 bits per heavy atom. The molecule has 1 aliphatic rings. The van der Waals surface area contributed by atoms with Crippen LogP contribution in [0.5, 0.6) is 0 Å². The van der Waals surface area contributed by atoms with E-state index >= 15 is 0 Å². The van der Waals surface area contributed by atoms with Crippen LogP contribution in [0.4, 0.5) is 0 Å². The van der Waals surface area contributed by atoms with Gasteiger partial charge in [-0.05, 0) is 38.4 Å². The molecule has 0 saturated carbocycles. The van der Waals surface area contributed by atoms with Crippen molar-refractivity contribution in [3.8, 4) is 0 Å². The molecule has 3 nitrogen and oxygen atoms in total. The Kier molecular flexibility index (Phi) is 4.87. The maximum atomic E-state index is 12.6. The summed E-state index contributed by atoms with van der Waals surface area (Å²) in [6.45, 7) is 5.88. The van der Waals surface area contributed by atoms with Crippen LogP contribution in [0.1, 0.15) is 44.0 Å². The number of hydrogen-bond acceptors (Lipinski definition) is 3. The van der Waals surface area contributed by atoms with Crippen molar-refractivity contribution in [3.05, 3.63) is 21.3 Å². The summed E-state index contributed by atoms with van der Waals surface area (Å²) in [4.78, 5) is 13.7. The van der Waals surface area contributed by atoms with E-state index in [-0.39, 0.29) is 17.4 Å². The van der Waals surface area contributed by atoms with Crippen molar-refractivity contribution in [1.29, 1.82) is 0 Å². The monoisotopic (exact) mass is 300 g/mol. The number of hydrogen-bond donors (Lipinski definition) is 2. The Morgan fingerprint density at radius 2 is 2.42 bits per heavy atom. The zero-order valence-electron chi connectivity index (χ0n) is 11.5. The third kappa shape index (κ3) is 3.30. The van der Waals surface area contributed by atoms with Gasteiger partial charge in [-0.1, -0.05) is 24.9 Å². The minimum Gasteiger partial charge on any atom is -0.348 e. The average Bonchev–Trinajstić information content (AvgIpc) is 2.99. The Hall–Kier alpha value is -0.580. The number of nitrogens with one attached hydrogen (secondary N) is 2. The number of halogens is 1. The SMILES string of the molecule is CCCC1(C(=O)NC(C)c2ccc(Cl)s2)CCNC1. The fourth-order valence-corrected chi connectivity index (χ4v) is 3.79. The molecule has 106 valence electrons. The largest absolute Gasteiger partial charge is 0.348 e. The highest BCUT2D eigenvalue weighted by Gasteiger charge is 2.40. The molecular formula is C14H21ClN2OS. The molecule has 1 amide bonds. The number of thiophene rings is 1. The van der Waals surface area contributed by atoms with Gasteiger partial charge in [0.15, 0.2) is 0 Å². The van der Waals surface area contributed by atoms with E-state index in [0.717, 1.165) is 41.6 Å². The van der Waals surface area contributed by atoms with Crippen molar-refractivity contribution in [2.75, 3.05) is 13.1 Å². The number of amides is 1. The third-order valence-corrected chi connectivity index (χ3v) is 5.24. The Morgan fingerprint density at radius 1 is 1.63 bits per heavy atom. The van der Waals surface area contributed by atoms with Crippen LogP contribution in [0.25, 0.3) is 0 Å². The maximum Gasteiger partial charge on any atom is 0.228 e. The van der Waals surface area contributed by atoms with E-state index in [1.807, 2.05) is 19.1 Å².